The number of hydrogen-bond donors (Lipinski definition) is 2. The quantitative estimate of drug-likeness (QED) is 0.444. The number of rotatable bonds is 3. The Morgan fingerprint density at radius 1 is 1.43 bits per heavy atom. The van der Waals surface area contributed by atoms with Gasteiger partial charge in [-0.3, -0.25) is 10.2 Å². The van der Waals surface area contributed by atoms with Crippen LogP contribution in [0.3, 0.4) is 0 Å². The summed E-state index contributed by atoms with van der Waals surface area (Å²) in [6.07, 6.45) is 1.85. The van der Waals surface area contributed by atoms with Gasteiger partial charge in [0.1, 0.15) is 11.5 Å². The molecule has 3 rings (SSSR count). The lowest BCUT2D eigenvalue weighted by molar-refractivity contribution is 0.0952. The van der Waals surface area contributed by atoms with Gasteiger partial charge in [-0.15, -0.1) is 0 Å². The number of hydrazine groups is 1. The Bertz CT molecular complexity index is 820. The molecule has 0 aliphatic carbocycles. The second kappa shape index (κ2) is 5.27. The van der Waals surface area contributed by atoms with Gasteiger partial charge in [0.25, 0.3) is 5.91 Å². The van der Waals surface area contributed by atoms with Gasteiger partial charge in [-0.25, -0.2) is 5.84 Å². The summed E-state index contributed by atoms with van der Waals surface area (Å²) >= 11 is 6.22. The van der Waals surface area contributed by atoms with Crippen LogP contribution in [0.25, 0.3) is 10.9 Å². The SMILES string of the molecule is Cc1oc(Cn2cc(Cl)c3ccccc32)cc1C(=O)NN. The molecule has 108 valence electrons. The number of aryl methyl sites for hydroxylation is 1. The van der Waals surface area contributed by atoms with E-state index < -0.39 is 0 Å². The van der Waals surface area contributed by atoms with Gasteiger partial charge in [-0.05, 0) is 19.1 Å². The van der Waals surface area contributed by atoms with Crippen molar-refractivity contribution in [1.29, 1.82) is 0 Å². The van der Waals surface area contributed by atoms with Crippen molar-refractivity contribution in [2.24, 2.45) is 5.84 Å². The van der Waals surface area contributed by atoms with Crippen molar-refractivity contribution < 1.29 is 9.21 Å². The first-order chi connectivity index (χ1) is 10.1. The molecule has 0 unspecified atom stereocenters. The second-order valence-electron chi connectivity index (χ2n) is 4.78. The minimum atomic E-state index is -0.363. The highest BCUT2D eigenvalue weighted by molar-refractivity contribution is 6.35. The first-order valence-electron chi connectivity index (χ1n) is 6.43. The number of nitrogens with zero attached hydrogens (tertiary/aromatic N) is 1. The highest BCUT2D eigenvalue weighted by atomic mass is 35.5. The fraction of sp³-hybridized carbons (Fsp3) is 0.133. The van der Waals surface area contributed by atoms with Crippen LogP contribution >= 0.6 is 11.6 Å². The maximum Gasteiger partial charge on any atom is 0.268 e. The number of nitrogens with two attached hydrogens (primary N) is 1. The molecule has 1 amide bonds. The lowest BCUT2D eigenvalue weighted by atomic mass is 10.2. The van der Waals surface area contributed by atoms with E-state index in [-0.39, 0.29) is 5.91 Å². The number of hydrogen-bond acceptors (Lipinski definition) is 3. The number of aromatic nitrogens is 1. The fourth-order valence-corrected chi connectivity index (χ4v) is 2.70. The molecule has 0 fully saturated rings. The molecule has 3 N–H and O–H groups in total. The van der Waals surface area contributed by atoms with E-state index in [1.54, 1.807) is 13.0 Å². The average Bonchev–Trinajstić information content (AvgIpc) is 3.00. The molecule has 5 nitrogen and oxygen atoms in total. The van der Waals surface area contributed by atoms with E-state index in [4.69, 9.17) is 21.9 Å². The zero-order valence-electron chi connectivity index (χ0n) is 11.4. The Labute approximate surface area is 126 Å². The summed E-state index contributed by atoms with van der Waals surface area (Å²) in [7, 11) is 0. The number of furan rings is 1. The summed E-state index contributed by atoms with van der Waals surface area (Å²) in [6.45, 7) is 2.22. The van der Waals surface area contributed by atoms with Crippen LogP contribution in [-0.2, 0) is 6.54 Å². The van der Waals surface area contributed by atoms with Gasteiger partial charge >= 0.3 is 0 Å². The molecule has 0 aliphatic heterocycles. The third kappa shape index (κ3) is 2.41. The summed E-state index contributed by atoms with van der Waals surface area (Å²) < 4.78 is 7.61. The minimum absolute atomic E-state index is 0.363. The molecule has 3 aromatic rings. The van der Waals surface area contributed by atoms with E-state index in [0.717, 1.165) is 10.9 Å². The fourth-order valence-electron chi connectivity index (χ4n) is 2.43. The number of halogens is 1. The maximum atomic E-state index is 11.6. The largest absolute Gasteiger partial charge is 0.464 e. The van der Waals surface area contributed by atoms with Crippen LogP contribution in [0.2, 0.25) is 5.02 Å². The predicted octanol–water partition coefficient (Wildman–Crippen LogP) is 2.85. The summed E-state index contributed by atoms with van der Waals surface area (Å²) in [5, 5.41) is 1.68. The van der Waals surface area contributed by atoms with Gasteiger partial charge < -0.3 is 8.98 Å². The first-order valence-corrected chi connectivity index (χ1v) is 6.81. The molecule has 0 spiro atoms. The number of benzene rings is 1. The topological polar surface area (TPSA) is 73.2 Å². The molecule has 21 heavy (non-hydrogen) atoms. The lowest BCUT2D eigenvalue weighted by Crippen LogP contribution is -2.30. The Hall–Kier alpha value is -2.24. The smallest absolute Gasteiger partial charge is 0.268 e. The third-order valence-electron chi connectivity index (χ3n) is 3.41. The van der Waals surface area contributed by atoms with E-state index in [1.807, 2.05) is 35.0 Å². The summed E-state index contributed by atoms with van der Waals surface area (Å²) in [5.74, 6) is 5.99. The van der Waals surface area contributed by atoms with E-state index >= 15 is 0 Å². The molecule has 2 heterocycles. The number of nitrogen functional groups attached to an aromatic ring is 1. The van der Waals surface area contributed by atoms with Crippen molar-refractivity contribution in [3.8, 4) is 0 Å². The van der Waals surface area contributed by atoms with Gasteiger partial charge in [0.2, 0.25) is 0 Å². The van der Waals surface area contributed by atoms with Crippen molar-refractivity contribution in [2.75, 3.05) is 0 Å². The third-order valence-corrected chi connectivity index (χ3v) is 3.71. The molecule has 0 saturated carbocycles. The standard InChI is InChI=1S/C15H14ClN3O2/c1-9-12(15(20)18-17)6-10(21-9)7-19-8-13(16)11-4-2-3-5-14(11)19/h2-6,8H,7,17H2,1H3,(H,18,20). The van der Waals surface area contributed by atoms with Crippen LogP contribution in [-0.4, -0.2) is 10.5 Å². The predicted molar refractivity (Wildman–Crippen MR) is 81.1 cm³/mol. The Balaban J connectivity index is 1.98. The van der Waals surface area contributed by atoms with Crippen molar-refractivity contribution in [3.05, 3.63) is 58.6 Å². The van der Waals surface area contributed by atoms with Crippen LogP contribution in [0.5, 0.6) is 0 Å². The minimum Gasteiger partial charge on any atom is -0.464 e. The molecule has 0 radical (unpaired) electrons. The van der Waals surface area contributed by atoms with E-state index in [0.29, 0.717) is 28.7 Å². The zero-order valence-corrected chi connectivity index (χ0v) is 12.1. The Morgan fingerprint density at radius 2 is 2.19 bits per heavy atom. The van der Waals surface area contributed by atoms with Gasteiger partial charge in [0.15, 0.2) is 0 Å². The Kier molecular flexibility index (Phi) is 3.45. The van der Waals surface area contributed by atoms with Gasteiger partial charge in [0, 0.05) is 17.1 Å². The summed E-state index contributed by atoms with van der Waals surface area (Å²) in [5.41, 5.74) is 3.56. The van der Waals surface area contributed by atoms with Gasteiger partial charge in [-0.1, -0.05) is 29.8 Å². The molecule has 1 aromatic carbocycles. The van der Waals surface area contributed by atoms with Crippen LogP contribution in [0.4, 0.5) is 0 Å². The number of fused-ring (bicyclic) bond motifs is 1. The van der Waals surface area contributed by atoms with E-state index in [1.165, 1.54) is 0 Å². The number of amides is 1. The van der Waals surface area contributed by atoms with Crippen molar-refractivity contribution in [2.45, 2.75) is 13.5 Å². The van der Waals surface area contributed by atoms with E-state index in [2.05, 4.69) is 5.43 Å². The average molecular weight is 304 g/mol. The Morgan fingerprint density at radius 3 is 2.95 bits per heavy atom. The molecule has 0 bridgehead atoms. The summed E-state index contributed by atoms with van der Waals surface area (Å²) in [6, 6.07) is 9.55. The zero-order chi connectivity index (χ0) is 15.0. The molecule has 0 atom stereocenters. The second-order valence-corrected chi connectivity index (χ2v) is 5.19. The van der Waals surface area contributed by atoms with Crippen LogP contribution < -0.4 is 11.3 Å². The van der Waals surface area contributed by atoms with Crippen LogP contribution in [0, 0.1) is 6.92 Å². The van der Waals surface area contributed by atoms with Crippen molar-refractivity contribution in [3.63, 3.8) is 0 Å². The first kappa shape index (κ1) is 13.7. The van der Waals surface area contributed by atoms with E-state index in [9.17, 15) is 4.79 Å². The molecule has 0 aliphatic rings. The molecule has 0 saturated heterocycles. The van der Waals surface area contributed by atoms with Gasteiger partial charge in [0.05, 0.1) is 17.1 Å². The number of carbonyl (C=O) groups excluding carboxylic acids is 1. The molecular formula is C15H14ClN3O2. The lowest BCUT2D eigenvalue weighted by Gasteiger charge is -2.02. The highest BCUT2D eigenvalue weighted by Gasteiger charge is 2.15. The van der Waals surface area contributed by atoms with Crippen LogP contribution in [0.15, 0.2) is 40.9 Å². The maximum absolute atomic E-state index is 11.6. The van der Waals surface area contributed by atoms with Crippen LogP contribution in [0.1, 0.15) is 21.9 Å². The number of para-hydroxylation sites is 1. The van der Waals surface area contributed by atoms with Crippen molar-refractivity contribution in [1.82, 2.24) is 9.99 Å². The molecule has 6 heteroatoms. The summed E-state index contributed by atoms with van der Waals surface area (Å²) in [4.78, 5) is 11.6. The monoisotopic (exact) mass is 303 g/mol. The highest BCUT2D eigenvalue weighted by Crippen LogP contribution is 2.26. The number of carbonyl (C=O) groups is 1. The van der Waals surface area contributed by atoms with Crippen molar-refractivity contribution >= 4 is 28.4 Å². The normalized spacial score (nSPS) is 11.0. The molecule has 2 aromatic heterocycles. The van der Waals surface area contributed by atoms with Gasteiger partial charge in [-0.2, -0.15) is 0 Å². The molecular weight excluding hydrogens is 290 g/mol. The number of nitrogens with one attached hydrogen (secondary N) is 1.